The lowest BCUT2D eigenvalue weighted by molar-refractivity contribution is -0.140. The maximum absolute atomic E-state index is 11.0. The maximum Gasteiger partial charge on any atom is 0.305 e. The summed E-state index contributed by atoms with van der Waals surface area (Å²) in [6, 6.07) is 8.02. The zero-order valence-corrected chi connectivity index (χ0v) is 15.6. The number of guanidine groups is 1. The zero-order valence-electron chi connectivity index (χ0n) is 15.6. The van der Waals surface area contributed by atoms with Crippen LogP contribution in [-0.4, -0.2) is 45.8 Å². The van der Waals surface area contributed by atoms with Gasteiger partial charge in [-0.1, -0.05) is 30.5 Å². The molecular formula is C19H31N3O3. The first kappa shape index (κ1) is 20.8. The second-order valence-corrected chi connectivity index (χ2v) is 5.83. The lowest BCUT2D eigenvalue weighted by atomic mass is 10.1. The number of aryl methyl sites for hydroxylation is 1. The Labute approximate surface area is 151 Å². The molecule has 0 saturated carbocycles. The van der Waals surface area contributed by atoms with Crippen molar-refractivity contribution in [1.82, 2.24) is 10.6 Å². The molecule has 1 aromatic carbocycles. The number of hydrogen-bond acceptors (Lipinski definition) is 4. The number of ether oxygens (including phenoxy) is 2. The van der Waals surface area contributed by atoms with E-state index in [1.807, 2.05) is 24.3 Å². The summed E-state index contributed by atoms with van der Waals surface area (Å²) in [5.74, 6) is 1.53. The van der Waals surface area contributed by atoms with Crippen molar-refractivity contribution < 1.29 is 14.3 Å². The van der Waals surface area contributed by atoms with Crippen LogP contribution in [0.4, 0.5) is 0 Å². The molecular weight excluding hydrogens is 318 g/mol. The Kier molecular flexibility index (Phi) is 10.9. The monoisotopic (exact) mass is 349 g/mol. The van der Waals surface area contributed by atoms with Crippen molar-refractivity contribution in [2.75, 3.05) is 33.9 Å². The fourth-order valence-electron chi connectivity index (χ4n) is 2.25. The van der Waals surface area contributed by atoms with Crippen molar-refractivity contribution in [2.24, 2.45) is 4.99 Å². The van der Waals surface area contributed by atoms with Gasteiger partial charge in [0.05, 0.1) is 13.7 Å². The number of benzene rings is 1. The van der Waals surface area contributed by atoms with Crippen LogP contribution in [0.3, 0.4) is 0 Å². The lowest BCUT2D eigenvalue weighted by Crippen LogP contribution is -2.39. The number of methoxy groups -OCH3 is 1. The molecule has 0 atom stereocenters. The molecule has 25 heavy (non-hydrogen) atoms. The van der Waals surface area contributed by atoms with E-state index < -0.39 is 0 Å². The molecule has 6 heteroatoms. The molecule has 140 valence electrons. The van der Waals surface area contributed by atoms with Gasteiger partial charge in [-0.25, -0.2) is 0 Å². The van der Waals surface area contributed by atoms with Gasteiger partial charge in [0.2, 0.25) is 0 Å². The van der Waals surface area contributed by atoms with Gasteiger partial charge < -0.3 is 20.1 Å². The molecule has 0 bridgehead atoms. The normalized spacial score (nSPS) is 11.1. The van der Waals surface area contributed by atoms with Crippen molar-refractivity contribution in [1.29, 1.82) is 0 Å². The van der Waals surface area contributed by atoms with Crippen molar-refractivity contribution in [3.05, 3.63) is 29.8 Å². The number of aliphatic imine (C=N–C) groups is 1. The van der Waals surface area contributed by atoms with E-state index in [9.17, 15) is 4.79 Å². The third-order valence-electron chi connectivity index (χ3n) is 3.74. The SMILES string of the molecule is CN=C(NCCCCCCC(=O)OC)NCCOc1ccc(C)cc1. The summed E-state index contributed by atoms with van der Waals surface area (Å²) in [6.07, 6.45) is 4.55. The van der Waals surface area contributed by atoms with E-state index in [0.717, 1.165) is 43.9 Å². The first-order chi connectivity index (χ1) is 12.2. The molecule has 0 heterocycles. The van der Waals surface area contributed by atoms with Crippen LogP contribution in [0.15, 0.2) is 29.3 Å². The van der Waals surface area contributed by atoms with Crippen LogP contribution < -0.4 is 15.4 Å². The number of nitrogens with one attached hydrogen (secondary N) is 2. The van der Waals surface area contributed by atoms with Gasteiger partial charge in [0.1, 0.15) is 12.4 Å². The number of nitrogens with zero attached hydrogens (tertiary/aromatic N) is 1. The van der Waals surface area contributed by atoms with Crippen LogP contribution in [0.1, 0.15) is 37.7 Å². The van der Waals surface area contributed by atoms with Crippen molar-refractivity contribution in [2.45, 2.75) is 39.0 Å². The molecule has 0 aliphatic carbocycles. The van der Waals surface area contributed by atoms with E-state index in [1.54, 1.807) is 7.05 Å². The highest BCUT2D eigenvalue weighted by atomic mass is 16.5. The summed E-state index contributed by atoms with van der Waals surface area (Å²) in [6.45, 7) is 4.18. The van der Waals surface area contributed by atoms with E-state index in [2.05, 4.69) is 27.3 Å². The minimum atomic E-state index is -0.129. The Morgan fingerprint density at radius 2 is 1.72 bits per heavy atom. The second-order valence-electron chi connectivity index (χ2n) is 5.83. The Balaban J connectivity index is 2.02. The molecule has 0 radical (unpaired) electrons. The number of carbonyl (C=O) groups is 1. The summed E-state index contributed by atoms with van der Waals surface area (Å²) >= 11 is 0. The number of hydrogen-bond donors (Lipinski definition) is 2. The predicted octanol–water partition coefficient (Wildman–Crippen LogP) is 2.66. The van der Waals surface area contributed by atoms with Gasteiger partial charge in [0.15, 0.2) is 5.96 Å². The molecule has 1 aromatic rings. The van der Waals surface area contributed by atoms with Gasteiger partial charge in [-0.15, -0.1) is 0 Å². The first-order valence-electron chi connectivity index (χ1n) is 8.86. The second kappa shape index (κ2) is 13.1. The Morgan fingerprint density at radius 3 is 2.40 bits per heavy atom. The quantitative estimate of drug-likeness (QED) is 0.278. The molecule has 0 spiro atoms. The van der Waals surface area contributed by atoms with Gasteiger partial charge in [-0.2, -0.15) is 0 Å². The molecule has 0 unspecified atom stereocenters. The standard InChI is InChI=1S/C19H31N3O3/c1-16-9-11-17(12-10-16)25-15-14-22-19(20-2)21-13-7-5-4-6-8-18(23)24-3/h9-12H,4-8,13-15H2,1-3H3,(H2,20,21,22). The van der Waals surface area contributed by atoms with E-state index in [0.29, 0.717) is 19.6 Å². The van der Waals surface area contributed by atoms with E-state index in [-0.39, 0.29) is 5.97 Å². The fourth-order valence-corrected chi connectivity index (χ4v) is 2.25. The maximum atomic E-state index is 11.0. The topological polar surface area (TPSA) is 72.0 Å². The van der Waals surface area contributed by atoms with Gasteiger partial charge >= 0.3 is 5.97 Å². The molecule has 1 rings (SSSR count). The van der Waals surface area contributed by atoms with Gasteiger partial charge in [0.25, 0.3) is 0 Å². The molecule has 0 aromatic heterocycles. The van der Waals surface area contributed by atoms with Crippen LogP contribution in [0, 0.1) is 6.92 Å². The Bertz CT molecular complexity index is 515. The summed E-state index contributed by atoms with van der Waals surface area (Å²) < 4.78 is 10.3. The van der Waals surface area contributed by atoms with Gasteiger partial charge in [-0.3, -0.25) is 9.79 Å². The molecule has 0 aliphatic rings. The fraction of sp³-hybridized carbons (Fsp3) is 0.579. The highest BCUT2D eigenvalue weighted by Gasteiger charge is 2.00. The molecule has 0 saturated heterocycles. The van der Waals surface area contributed by atoms with Crippen molar-refractivity contribution in [3.63, 3.8) is 0 Å². The Hall–Kier alpha value is -2.24. The smallest absolute Gasteiger partial charge is 0.305 e. The minimum Gasteiger partial charge on any atom is -0.492 e. The summed E-state index contributed by atoms with van der Waals surface area (Å²) in [5.41, 5.74) is 1.22. The van der Waals surface area contributed by atoms with Crippen molar-refractivity contribution in [3.8, 4) is 5.75 Å². The summed E-state index contributed by atoms with van der Waals surface area (Å²) in [7, 11) is 3.18. The largest absolute Gasteiger partial charge is 0.492 e. The average Bonchev–Trinajstić information content (AvgIpc) is 2.63. The van der Waals surface area contributed by atoms with Gasteiger partial charge in [-0.05, 0) is 31.9 Å². The van der Waals surface area contributed by atoms with E-state index in [1.165, 1.54) is 12.7 Å². The summed E-state index contributed by atoms with van der Waals surface area (Å²) in [4.78, 5) is 15.2. The zero-order chi connectivity index (χ0) is 18.3. The third-order valence-corrected chi connectivity index (χ3v) is 3.74. The Morgan fingerprint density at radius 1 is 1.04 bits per heavy atom. The highest BCUT2D eigenvalue weighted by molar-refractivity contribution is 5.79. The molecule has 0 fully saturated rings. The van der Waals surface area contributed by atoms with Crippen LogP contribution in [0.5, 0.6) is 5.75 Å². The molecule has 0 amide bonds. The minimum absolute atomic E-state index is 0.129. The van der Waals surface area contributed by atoms with Crippen LogP contribution >= 0.6 is 0 Å². The molecule has 2 N–H and O–H groups in total. The van der Waals surface area contributed by atoms with Gasteiger partial charge in [0, 0.05) is 20.0 Å². The average molecular weight is 349 g/mol. The van der Waals surface area contributed by atoms with Crippen molar-refractivity contribution >= 4 is 11.9 Å². The number of carbonyl (C=O) groups excluding carboxylic acids is 1. The summed E-state index contributed by atoms with van der Waals surface area (Å²) in [5, 5.41) is 6.51. The van der Waals surface area contributed by atoms with E-state index >= 15 is 0 Å². The van der Waals surface area contributed by atoms with Crippen LogP contribution in [0.25, 0.3) is 0 Å². The predicted molar refractivity (Wildman–Crippen MR) is 101 cm³/mol. The molecule has 6 nitrogen and oxygen atoms in total. The molecule has 0 aliphatic heterocycles. The third kappa shape index (κ3) is 10.3. The highest BCUT2D eigenvalue weighted by Crippen LogP contribution is 2.10. The van der Waals surface area contributed by atoms with Crippen LogP contribution in [-0.2, 0) is 9.53 Å². The number of unbranched alkanes of at least 4 members (excludes halogenated alkanes) is 3. The number of rotatable bonds is 11. The van der Waals surface area contributed by atoms with E-state index in [4.69, 9.17) is 4.74 Å². The van der Waals surface area contributed by atoms with Crippen LogP contribution in [0.2, 0.25) is 0 Å². The first-order valence-corrected chi connectivity index (χ1v) is 8.86. The number of esters is 1. The lowest BCUT2D eigenvalue weighted by Gasteiger charge is -2.12.